The topological polar surface area (TPSA) is 80.7 Å². The van der Waals surface area contributed by atoms with Gasteiger partial charge in [-0.3, -0.25) is 14.6 Å². The van der Waals surface area contributed by atoms with E-state index < -0.39 is 0 Å². The molecule has 0 aliphatic carbocycles. The van der Waals surface area contributed by atoms with E-state index in [1.54, 1.807) is 6.20 Å². The van der Waals surface area contributed by atoms with Crippen LogP contribution in [-0.2, 0) is 11.3 Å². The van der Waals surface area contributed by atoms with E-state index >= 15 is 0 Å². The Kier molecular flexibility index (Phi) is 7.39. The van der Waals surface area contributed by atoms with Crippen LogP contribution in [-0.4, -0.2) is 95.5 Å². The standard InChI is InChI=1S/C27H34N8O/c1-32-9-4-10-33(2)27-29-17-23(18-30-27)22-7-8-28-25(16-22)31-24-6-3-5-21(15-24)19-34-11-13-35(14-12-34)20-26(32)36/h3,5-8,15-18H,4,9-14,19-20H2,1-2H3,(H,28,31). The summed E-state index contributed by atoms with van der Waals surface area (Å²) in [5.41, 5.74) is 4.21. The van der Waals surface area contributed by atoms with Gasteiger partial charge in [-0.25, -0.2) is 15.0 Å². The van der Waals surface area contributed by atoms with Crippen molar-refractivity contribution in [2.45, 2.75) is 13.0 Å². The van der Waals surface area contributed by atoms with Crippen LogP contribution in [0.15, 0.2) is 55.0 Å². The van der Waals surface area contributed by atoms with Gasteiger partial charge in [-0.05, 0) is 41.8 Å². The van der Waals surface area contributed by atoms with Gasteiger partial charge < -0.3 is 15.1 Å². The molecule has 36 heavy (non-hydrogen) atoms. The number of anilines is 3. The molecule has 2 aromatic heterocycles. The third-order valence-corrected chi connectivity index (χ3v) is 6.92. The minimum Gasteiger partial charge on any atom is -0.345 e. The highest BCUT2D eigenvalue weighted by molar-refractivity contribution is 5.78. The highest BCUT2D eigenvalue weighted by atomic mass is 16.2. The molecule has 8 bridgehead atoms. The molecule has 0 atom stereocenters. The molecule has 9 nitrogen and oxygen atoms in total. The Morgan fingerprint density at radius 2 is 1.50 bits per heavy atom. The van der Waals surface area contributed by atoms with E-state index in [0.29, 0.717) is 19.0 Å². The fourth-order valence-corrected chi connectivity index (χ4v) is 4.69. The van der Waals surface area contributed by atoms with Crippen molar-refractivity contribution in [3.8, 4) is 11.1 Å². The van der Waals surface area contributed by atoms with Crippen LogP contribution >= 0.6 is 0 Å². The summed E-state index contributed by atoms with van der Waals surface area (Å²) in [5, 5.41) is 3.45. The monoisotopic (exact) mass is 486 g/mol. The lowest BCUT2D eigenvalue weighted by atomic mass is 10.1. The Morgan fingerprint density at radius 1 is 0.778 bits per heavy atom. The molecule has 188 valence electrons. The lowest BCUT2D eigenvalue weighted by molar-refractivity contribution is -0.131. The first-order valence-electron chi connectivity index (χ1n) is 12.6. The molecule has 1 N–H and O–H groups in total. The number of rotatable bonds is 0. The zero-order valence-electron chi connectivity index (χ0n) is 21.1. The van der Waals surface area contributed by atoms with Crippen molar-refractivity contribution >= 4 is 23.4 Å². The average molecular weight is 487 g/mol. The molecule has 0 spiro atoms. The minimum absolute atomic E-state index is 0.180. The van der Waals surface area contributed by atoms with Crippen LogP contribution in [0.25, 0.3) is 11.1 Å². The van der Waals surface area contributed by atoms with Crippen molar-refractivity contribution in [3.63, 3.8) is 0 Å². The number of amides is 1. The smallest absolute Gasteiger partial charge is 0.236 e. The Bertz CT molecular complexity index is 1180. The van der Waals surface area contributed by atoms with Gasteiger partial charge in [0.05, 0.1) is 6.54 Å². The first kappa shape index (κ1) is 24.1. The van der Waals surface area contributed by atoms with Gasteiger partial charge in [0.15, 0.2) is 0 Å². The number of carbonyl (C=O) groups is 1. The van der Waals surface area contributed by atoms with Crippen LogP contribution in [0.4, 0.5) is 17.5 Å². The van der Waals surface area contributed by atoms with Crippen molar-refractivity contribution < 1.29 is 4.79 Å². The van der Waals surface area contributed by atoms with E-state index in [1.807, 2.05) is 48.4 Å². The van der Waals surface area contributed by atoms with Gasteiger partial charge in [-0.2, -0.15) is 0 Å². The number of nitrogens with zero attached hydrogens (tertiary/aromatic N) is 7. The molecule has 1 aromatic carbocycles. The molecule has 0 radical (unpaired) electrons. The number of hydrogen-bond donors (Lipinski definition) is 1. The Labute approximate surface area is 212 Å². The van der Waals surface area contributed by atoms with Crippen molar-refractivity contribution in [1.29, 1.82) is 0 Å². The second-order valence-electron chi connectivity index (χ2n) is 9.67. The van der Waals surface area contributed by atoms with Crippen molar-refractivity contribution in [2.24, 2.45) is 0 Å². The van der Waals surface area contributed by atoms with E-state index in [-0.39, 0.29) is 5.91 Å². The molecule has 1 fully saturated rings. The molecule has 0 unspecified atom stereocenters. The number of benzene rings is 1. The van der Waals surface area contributed by atoms with Gasteiger partial charge in [0, 0.05) is 89.8 Å². The normalized spacial score (nSPS) is 21.3. The molecule has 3 aromatic rings. The second-order valence-corrected chi connectivity index (χ2v) is 9.67. The van der Waals surface area contributed by atoms with E-state index in [0.717, 1.165) is 68.3 Å². The number of hydrogen-bond acceptors (Lipinski definition) is 8. The summed E-state index contributed by atoms with van der Waals surface area (Å²) < 4.78 is 0. The van der Waals surface area contributed by atoms with Gasteiger partial charge in [-0.15, -0.1) is 0 Å². The fraction of sp³-hybridized carbons (Fsp3) is 0.407. The van der Waals surface area contributed by atoms with E-state index in [2.05, 4.69) is 54.3 Å². The number of piperazine rings is 1. The zero-order chi connectivity index (χ0) is 24.9. The zero-order valence-corrected chi connectivity index (χ0v) is 21.1. The molecular formula is C27H34N8O. The predicted molar refractivity (Wildman–Crippen MR) is 142 cm³/mol. The summed E-state index contributed by atoms with van der Waals surface area (Å²) in [5.74, 6) is 1.64. The lowest BCUT2D eigenvalue weighted by Gasteiger charge is -2.35. The molecule has 9 heteroatoms. The molecule has 7 heterocycles. The number of aromatic nitrogens is 3. The maximum atomic E-state index is 12.8. The minimum atomic E-state index is 0.180. The van der Waals surface area contributed by atoms with Crippen molar-refractivity contribution in [2.75, 3.05) is 70.1 Å². The highest BCUT2D eigenvalue weighted by Gasteiger charge is 2.21. The average Bonchev–Trinajstić information content (AvgIpc) is 2.89. The molecule has 1 amide bonds. The summed E-state index contributed by atoms with van der Waals surface area (Å²) in [7, 11) is 3.88. The molecule has 8 rings (SSSR count). The van der Waals surface area contributed by atoms with Gasteiger partial charge in [0.1, 0.15) is 5.82 Å². The van der Waals surface area contributed by atoms with E-state index in [4.69, 9.17) is 0 Å². The molecular weight excluding hydrogens is 452 g/mol. The van der Waals surface area contributed by atoms with Gasteiger partial charge >= 0.3 is 0 Å². The van der Waals surface area contributed by atoms with Crippen LogP contribution < -0.4 is 10.2 Å². The first-order chi connectivity index (χ1) is 17.5. The molecule has 1 saturated heterocycles. The van der Waals surface area contributed by atoms with E-state index in [1.165, 1.54) is 5.56 Å². The summed E-state index contributed by atoms with van der Waals surface area (Å²) in [6, 6.07) is 12.5. The van der Waals surface area contributed by atoms with Gasteiger partial charge in [0.25, 0.3) is 0 Å². The van der Waals surface area contributed by atoms with Crippen molar-refractivity contribution in [3.05, 3.63) is 60.6 Å². The highest BCUT2D eigenvalue weighted by Crippen LogP contribution is 2.24. The summed E-state index contributed by atoms with van der Waals surface area (Å²) in [6.45, 7) is 6.59. The molecule has 5 aliphatic heterocycles. The number of likely N-dealkylation sites (N-methyl/N-ethyl adjacent to an activating group) is 1. The number of pyridine rings is 1. The predicted octanol–water partition coefficient (Wildman–Crippen LogP) is 2.70. The maximum Gasteiger partial charge on any atom is 0.236 e. The van der Waals surface area contributed by atoms with Crippen LogP contribution in [0.1, 0.15) is 12.0 Å². The van der Waals surface area contributed by atoms with E-state index in [9.17, 15) is 4.79 Å². The summed E-state index contributed by atoms with van der Waals surface area (Å²) in [4.78, 5) is 35.0. The first-order valence-corrected chi connectivity index (χ1v) is 12.6. The van der Waals surface area contributed by atoms with Gasteiger partial charge in [-0.1, -0.05) is 12.1 Å². The Morgan fingerprint density at radius 3 is 2.28 bits per heavy atom. The third-order valence-electron chi connectivity index (χ3n) is 6.92. The second kappa shape index (κ2) is 11.0. The van der Waals surface area contributed by atoms with Crippen LogP contribution in [0, 0.1) is 0 Å². The number of carbonyl (C=O) groups excluding carboxylic acids is 1. The third kappa shape index (κ3) is 5.98. The van der Waals surface area contributed by atoms with Crippen molar-refractivity contribution in [1.82, 2.24) is 29.7 Å². The van der Waals surface area contributed by atoms with Crippen LogP contribution in [0.2, 0.25) is 0 Å². The van der Waals surface area contributed by atoms with Crippen LogP contribution in [0.5, 0.6) is 0 Å². The molecule has 5 aliphatic rings. The number of nitrogens with one attached hydrogen (secondary N) is 1. The quantitative estimate of drug-likeness (QED) is 0.520. The summed E-state index contributed by atoms with van der Waals surface area (Å²) in [6.07, 6.45) is 6.36. The summed E-state index contributed by atoms with van der Waals surface area (Å²) >= 11 is 0. The lowest BCUT2D eigenvalue weighted by Crippen LogP contribution is -2.49. The molecule has 0 saturated carbocycles. The Balaban J connectivity index is 1.38. The van der Waals surface area contributed by atoms with Gasteiger partial charge in [0.2, 0.25) is 11.9 Å². The Hall–Kier alpha value is -3.56. The fourth-order valence-electron chi connectivity index (χ4n) is 4.69. The SMILES string of the molecule is CN1CCCN(C)c2ncc(cn2)-c2ccnc(c2)Nc2cccc(c2)CN2CCN(CC2)CC1=O. The largest absolute Gasteiger partial charge is 0.345 e. The maximum absolute atomic E-state index is 12.8. The van der Waals surface area contributed by atoms with Crippen LogP contribution in [0.3, 0.4) is 0 Å².